The Morgan fingerprint density at radius 2 is 2.08 bits per heavy atom. The highest BCUT2D eigenvalue weighted by molar-refractivity contribution is 6.74. The highest BCUT2D eigenvalue weighted by Crippen LogP contribution is 2.47. The van der Waals surface area contributed by atoms with E-state index in [2.05, 4.69) is 4.98 Å². The number of nitrogen functional groups attached to an aromatic ring is 1. The standard InChI is InChI=1S/C15H25F2N3O4Si/c1-14(2,3)25(4,5)24-11-9(8-21)23-12(15(11,16)17)20-7-6-10(18)19-13(20)22/h6-7,9,11-12,21H,8H2,1-5H3,(H2,18,19,22)/t9-,11-,12+/m0/s1. The Labute approximate surface area is 145 Å². The van der Waals surface area contributed by atoms with Crippen LogP contribution in [-0.2, 0) is 9.16 Å². The minimum Gasteiger partial charge on any atom is -0.405 e. The first kappa shape index (κ1) is 20.0. The normalized spacial score (nSPS) is 26.8. The molecule has 10 heteroatoms. The molecule has 3 N–H and O–H groups in total. The van der Waals surface area contributed by atoms with E-state index in [-0.39, 0.29) is 10.9 Å². The third kappa shape index (κ3) is 3.62. The van der Waals surface area contributed by atoms with E-state index < -0.39 is 45.0 Å². The predicted molar refractivity (Wildman–Crippen MR) is 90.9 cm³/mol. The van der Waals surface area contributed by atoms with Crippen molar-refractivity contribution in [1.82, 2.24) is 9.55 Å². The molecule has 0 aliphatic carbocycles. The summed E-state index contributed by atoms with van der Waals surface area (Å²) in [5, 5.41) is 9.20. The van der Waals surface area contributed by atoms with E-state index in [1.807, 2.05) is 33.9 Å². The van der Waals surface area contributed by atoms with Crippen molar-refractivity contribution in [2.24, 2.45) is 0 Å². The number of halogens is 2. The lowest BCUT2D eigenvalue weighted by molar-refractivity contribution is -0.138. The molecule has 7 nitrogen and oxygen atoms in total. The van der Waals surface area contributed by atoms with Crippen LogP contribution in [0.5, 0.6) is 0 Å². The number of aromatic nitrogens is 2. The summed E-state index contributed by atoms with van der Waals surface area (Å²) in [5.41, 5.74) is 4.44. The summed E-state index contributed by atoms with van der Waals surface area (Å²) in [6, 6.07) is 1.23. The van der Waals surface area contributed by atoms with E-state index in [0.717, 1.165) is 6.20 Å². The molecule has 0 bridgehead atoms. The smallest absolute Gasteiger partial charge is 0.351 e. The summed E-state index contributed by atoms with van der Waals surface area (Å²) >= 11 is 0. The molecule has 0 unspecified atom stereocenters. The lowest BCUT2D eigenvalue weighted by Crippen LogP contribution is -2.52. The number of aliphatic hydroxyl groups excluding tert-OH is 1. The molecule has 1 aliphatic rings. The second kappa shape index (κ2) is 6.42. The van der Waals surface area contributed by atoms with Crippen LogP contribution >= 0.6 is 0 Å². The van der Waals surface area contributed by atoms with Gasteiger partial charge in [0.2, 0.25) is 6.23 Å². The molecular weight excluding hydrogens is 352 g/mol. The third-order valence-corrected chi connectivity index (χ3v) is 9.32. The molecule has 25 heavy (non-hydrogen) atoms. The van der Waals surface area contributed by atoms with Gasteiger partial charge >= 0.3 is 11.6 Å². The molecule has 1 saturated heterocycles. The predicted octanol–water partition coefficient (Wildman–Crippen LogP) is 1.74. The van der Waals surface area contributed by atoms with Gasteiger partial charge in [-0.1, -0.05) is 20.8 Å². The van der Waals surface area contributed by atoms with Gasteiger partial charge in [-0.25, -0.2) is 4.79 Å². The fourth-order valence-electron chi connectivity index (χ4n) is 2.36. The lowest BCUT2D eigenvalue weighted by Gasteiger charge is -2.40. The van der Waals surface area contributed by atoms with Gasteiger partial charge < -0.3 is 20.0 Å². The zero-order chi connectivity index (χ0) is 19.2. The number of nitrogens with zero attached hydrogens (tertiary/aromatic N) is 2. The molecule has 2 heterocycles. The number of hydrogen-bond acceptors (Lipinski definition) is 6. The van der Waals surface area contributed by atoms with Crippen molar-refractivity contribution in [3.05, 3.63) is 22.7 Å². The number of alkyl halides is 2. The Kier molecular flexibility index (Phi) is 5.12. The molecule has 1 aromatic rings. The van der Waals surface area contributed by atoms with E-state index in [9.17, 15) is 9.90 Å². The molecule has 0 aromatic carbocycles. The number of hydrogen-bond donors (Lipinski definition) is 2. The highest BCUT2D eigenvalue weighted by atomic mass is 28.4. The van der Waals surface area contributed by atoms with Crippen LogP contribution in [0.3, 0.4) is 0 Å². The molecule has 142 valence electrons. The van der Waals surface area contributed by atoms with Crippen molar-refractivity contribution in [2.75, 3.05) is 12.3 Å². The van der Waals surface area contributed by atoms with Crippen molar-refractivity contribution < 1.29 is 23.1 Å². The van der Waals surface area contributed by atoms with Crippen LogP contribution < -0.4 is 11.4 Å². The number of nitrogens with two attached hydrogens (primary N) is 1. The minimum atomic E-state index is -3.52. The van der Waals surface area contributed by atoms with Crippen LogP contribution in [0, 0.1) is 0 Å². The Morgan fingerprint density at radius 3 is 2.56 bits per heavy atom. The second-order valence-corrected chi connectivity index (χ2v) is 12.5. The Balaban J connectivity index is 2.41. The molecule has 0 amide bonds. The molecule has 1 aliphatic heterocycles. The maximum Gasteiger partial charge on any atom is 0.351 e. The van der Waals surface area contributed by atoms with Crippen LogP contribution in [-0.4, -0.2) is 47.7 Å². The van der Waals surface area contributed by atoms with Crippen molar-refractivity contribution in [3.63, 3.8) is 0 Å². The number of ether oxygens (including phenoxy) is 1. The second-order valence-electron chi connectivity index (χ2n) is 7.73. The monoisotopic (exact) mass is 377 g/mol. The number of anilines is 1. The van der Waals surface area contributed by atoms with E-state index in [0.29, 0.717) is 4.57 Å². The van der Waals surface area contributed by atoms with E-state index in [1.165, 1.54) is 6.07 Å². The molecule has 0 saturated carbocycles. The van der Waals surface area contributed by atoms with E-state index >= 15 is 8.78 Å². The highest BCUT2D eigenvalue weighted by Gasteiger charge is 2.62. The van der Waals surface area contributed by atoms with Crippen LogP contribution in [0.4, 0.5) is 14.6 Å². The van der Waals surface area contributed by atoms with Gasteiger partial charge in [0.05, 0.1) is 6.61 Å². The maximum atomic E-state index is 15.0. The molecule has 2 rings (SSSR count). The zero-order valence-corrected chi connectivity index (χ0v) is 16.0. The van der Waals surface area contributed by atoms with Crippen LogP contribution in [0.15, 0.2) is 17.1 Å². The fraction of sp³-hybridized carbons (Fsp3) is 0.733. The molecule has 3 atom stereocenters. The van der Waals surface area contributed by atoms with Crippen molar-refractivity contribution >= 4 is 14.1 Å². The topological polar surface area (TPSA) is 99.6 Å². The van der Waals surface area contributed by atoms with Gasteiger partial charge in [0.25, 0.3) is 0 Å². The summed E-state index contributed by atoms with van der Waals surface area (Å²) in [6.45, 7) is 8.79. The van der Waals surface area contributed by atoms with Gasteiger partial charge in [0, 0.05) is 6.20 Å². The zero-order valence-electron chi connectivity index (χ0n) is 15.0. The molecule has 1 aromatic heterocycles. The van der Waals surface area contributed by atoms with Crippen LogP contribution in [0.1, 0.15) is 27.0 Å². The summed E-state index contributed by atoms with van der Waals surface area (Å²) < 4.78 is 41.9. The average molecular weight is 377 g/mol. The molecular formula is C15H25F2N3O4Si. The van der Waals surface area contributed by atoms with Gasteiger partial charge in [-0.15, -0.1) is 0 Å². The van der Waals surface area contributed by atoms with Crippen molar-refractivity contribution in [2.45, 2.75) is 63.3 Å². The van der Waals surface area contributed by atoms with Gasteiger partial charge in [0.1, 0.15) is 18.0 Å². The maximum absolute atomic E-state index is 15.0. The Bertz CT molecular complexity index is 690. The Morgan fingerprint density at radius 1 is 1.48 bits per heavy atom. The summed E-state index contributed by atoms with van der Waals surface area (Å²) in [4.78, 5) is 15.4. The average Bonchev–Trinajstić information content (AvgIpc) is 2.69. The first-order valence-electron chi connectivity index (χ1n) is 7.98. The molecule has 0 spiro atoms. The van der Waals surface area contributed by atoms with Gasteiger partial charge in [-0.05, 0) is 24.2 Å². The van der Waals surface area contributed by atoms with Crippen molar-refractivity contribution in [1.29, 1.82) is 0 Å². The molecule has 0 radical (unpaired) electrons. The number of rotatable bonds is 4. The van der Waals surface area contributed by atoms with E-state index in [4.69, 9.17) is 14.9 Å². The summed E-state index contributed by atoms with van der Waals surface area (Å²) in [6.07, 6.45) is -3.72. The van der Waals surface area contributed by atoms with Gasteiger partial charge in [-0.3, -0.25) is 4.57 Å². The number of aliphatic hydroxyl groups is 1. The van der Waals surface area contributed by atoms with Crippen LogP contribution in [0.25, 0.3) is 0 Å². The first-order chi connectivity index (χ1) is 11.3. The van der Waals surface area contributed by atoms with Gasteiger partial charge in [-0.2, -0.15) is 13.8 Å². The minimum absolute atomic E-state index is 0.0738. The lowest BCUT2D eigenvalue weighted by atomic mass is 10.1. The van der Waals surface area contributed by atoms with Crippen molar-refractivity contribution in [3.8, 4) is 0 Å². The van der Waals surface area contributed by atoms with Gasteiger partial charge in [0.15, 0.2) is 8.32 Å². The molecule has 1 fully saturated rings. The summed E-state index contributed by atoms with van der Waals surface area (Å²) in [7, 11) is -2.56. The third-order valence-electron chi connectivity index (χ3n) is 4.86. The summed E-state index contributed by atoms with van der Waals surface area (Å²) in [5.74, 6) is -3.60. The largest absolute Gasteiger partial charge is 0.405 e. The first-order valence-corrected chi connectivity index (χ1v) is 10.9. The SMILES string of the molecule is CC(C)(C)[Si](C)(C)O[C@H]1[C@H](CO)O[C@@H](n2ccc(N)nc2=O)C1(F)F. The quantitative estimate of drug-likeness (QED) is 0.776. The Hall–Kier alpha value is -1.36. The van der Waals surface area contributed by atoms with Crippen LogP contribution in [0.2, 0.25) is 18.1 Å². The fourth-order valence-corrected chi connectivity index (χ4v) is 3.66. The van der Waals surface area contributed by atoms with E-state index in [1.54, 1.807) is 0 Å².